The van der Waals surface area contributed by atoms with E-state index in [1.165, 1.54) is 12.8 Å². The molecule has 1 aliphatic rings. The first-order valence-electron chi connectivity index (χ1n) is 7.68. The summed E-state index contributed by atoms with van der Waals surface area (Å²) in [5, 5.41) is 0. The van der Waals surface area contributed by atoms with Gasteiger partial charge in [-0.3, -0.25) is 0 Å². The van der Waals surface area contributed by atoms with E-state index < -0.39 is 21.8 Å². The van der Waals surface area contributed by atoms with Crippen LogP contribution in [0, 0.1) is 0 Å². The maximum atomic E-state index is 12.5. The summed E-state index contributed by atoms with van der Waals surface area (Å²) in [4.78, 5) is 2.06. The van der Waals surface area contributed by atoms with E-state index in [1.807, 2.05) is 0 Å². The molecule has 130 valence electrons. The molecule has 1 N–H and O–H groups in total. The van der Waals surface area contributed by atoms with Crippen molar-refractivity contribution in [3.8, 4) is 0 Å². The molecule has 8 heteroatoms. The van der Waals surface area contributed by atoms with Gasteiger partial charge in [-0.2, -0.15) is 13.2 Å². The molecule has 0 atom stereocenters. The Labute approximate surface area is 134 Å². The highest BCUT2D eigenvalue weighted by atomic mass is 32.2. The monoisotopic (exact) mass is 350 g/mol. The first-order valence-corrected chi connectivity index (χ1v) is 9.17. The predicted molar refractivity (Wildman–Crippen MR) is 81.5 cm³/mol. The molecule has 1 aliphatic heterocycles. The summed E-state index contributed by atoms with van der Waals surface area (Å²) < 4.78 is 64.1. The summed E-state index contributed by atoms with van der Waals surface area (Å²) in [5.41, 5.74) is -0.860. The first kappa shape index (κ1) is 18.2. The Morgan fingerprint density at radius 3 is 2.09 bits per heavy atom. The van der Waals surface area contributed by atoms with E-state index in [1.54, 1.807) is 0 Å². The Morgan fingerprint density at radius 1 is 1.00 bits per heavy atom. The third kappa shape index (κ3) is 5.47. The van der Waals surface area contributed by atoms with Gasteiger partial charge in [0.15, 0.2) is 0 Å². The van der Waals surface area contributed by atoms with Gasteiger partial charge in [-0.05, 0) is 50.2 Å². The zero-order chi connectivity index (χ0) is 16.9. The van der Waals surface area contributed by atoms with Crippen LogP contribution < -0.4 is 4.72 Å². The number of likely N-dealkylation sites (tertiary alicyclic amines) is 1. The zero-order valence-electron chi connectivity index (χ0n) is 12.8. The molecule has 0 aliphatic carbocycles. The van der Waals surface area contributed by atoms with Gasteiger partial charge >= 0.3 is 6.18 Å². The van der Waals surface area contributed by atoms with Crippen LogP contribution in [0.4, 0.5) is 13.2 Å². The number of hydrogen-bond donors (Lipinski definition) is 1. The third-order valence-corrected chi connectivity index (χ3v) is 5.39. The second-order valence-corrected chi connectivity index (χ2v) is 7.44. The second kappa shape index (κ2) is 7.63. The highest BCUT2D eigenvalue weighted by Crippen LogP contribution is 2.29. The van der Waals surface area contributed by atoms with Crippen molar-refractivity contribution in [1.29, 1.82) is 0 Å². The molecule has 0 spiro atoms. The van der Waals surface area contributed by atoms with Crippen LogP contribution in [0.2, 0.25) is 0 Å². The molecule has 23 heavy (non-hydrogen) atoms. The topological polar surface area (TPSA) is 49.4 Å². The molecule has 0 bridgehead atoms. The fraction of sp³-hybridized carbons (Fsp3) is 0.600. The summed E-state index contributed by atoms with van der Waals surface area (Å²) in [6.07, 6.45) is 0.168. The van der Waals surface area contributed by atoms with Gasteiger partial charge < -0.3 is 4.90 Å². The Hall–Kier alpha value is -1.12. The van der Waals surface area contributed by atoms with Gasteiger partial charge in [0, 0.05) is 13.1 Å². The molecule has 2 rings (SSSR count). The van der Waals surface area contributed by atoms with E-state index >= 15 is 0 Å². The number of hydrogen-bond acceptors (Lipinski definition) is 3. The third-order valence-electron chi connectivity index (χ3n) is 3.91. The van der Waals surface area contributed by atoms with Crippen LogP contribution >= 0.6 is 0 Å². The highest BCUT2D eigenvalue weighted by Gasteiger charge is 2.30. The van der Waals surface area contributed by atoms with Crippen molar-refractivity contribution in [2.24, 2.45) is 0 Å². The van der Waals surface area contributed by atoms with Crippen LogP contribution in [0.25, 0.3) is 0 Å². The summed E-state index contributed by atoms with van der Waals surface area (Å²) >= 11 is 0. The Morgan fingerprint density at radius 2 is 1.57 bits per heavy atom. The van der Waals surface area contributed by atoms with Crippen molar-refractivity contribution in [2.45, 2.75) is 36.8 Å². The normalized spacial score (nSPS) is 17.9. The van der Waals surface area contributed by atoms with Crippen molar-refractivity contribution in [2.75, 3.05) is 26.2 Å². The first-order chi connectivity index (χ1) is 10.8. The van der Waals surface area contributed by atoms with Crippen LogP contribution in [-0.2, 0) is 16.2 Å². The number of halogens is 3. The fourth-order valence-corrected chi connectivity index (χ4v) is 3.63. The minimum Gasteiger partial charge on any atom is -0.302 e. The molecule has 1 heterocycles. The van der Waals surface area contributed by atoms with Crippen molar-refractivity contribution in [3.05, 3.63) is 29.8 Å². The van der Waals surface area contributed by atoms with Crippen molar-refractivity contribution >= 4 is 10.0 Å². The minimum absolute atomic E-state index is 0.152. The number of sulfonamides is 1. The van der Waals surface area contributed by atoms with Gasteiger partial charge in [0.25, 0.3) is 0 Å². The van der Waals surface area contributed by atoms with Gasteiger partial charge in [0.05, 0.1) is 10.5 Å². The van der Waals surface area contributed by atoms with Crippen LogP contribution in [0.3, 0.4) is 0 Å². The largest absolute Gasteiger partial charge is 0.416 e. The second-order valence-electron chi connectivity index (χ2n) is 5.68. The van der Waals surface area contributed by atoms with E-state index in [9.17, 15) is 21.6 Å². The quantitative estimate of drug-likeness (QED) is 0.888. The number of alkyl halides is 3. The standard InChI is InChI=1S/C15H21F3N2O2S/c16-15(17,18)13-5-7-14(8-6-13)23(21,22)19-9-12-20-10-3-1-2-4-11-20/h5-8,19H,1-4,9-12H2. The molecule has 1 saturated heterocycles. The molecule has 0 unspecified atom stereocenters. The van der Waals surface area contributed by atoms with Gasteiger partial charge in [-0.15, -0.1) is 0 Å². The molecule has 0 radical (unpaired) electrons. The Kier molecular flexibility index (Phi) is 6.05. The van der Waals surface area contributed by atoms with Crippen LogP contribution in [0.1, 0.15) is 31.2 Å². The lowest BCUT2D eigenvalue weighted by molar-refractivity contribution is -0.137. The molecule has 1 aromatic rings. The van der Waals surface area contributed by atoms with E-state index in [-0.39, 0.29) is 11.4 Å². The van der Waals surface area contributed by atoms with Crippen LogP contribution in [-0.4, -0.2) is 39.5 Å². The minimum atomic E-state index is -4.47. The predicted octanol–water partition coefficient (Wildman–Crippen LogP) is 2.86. The summed E-state index contributed by atoms with van der Waals surface area (Å²) in [5.74, 6) is 0. The summed E-state index contributed by atoms with van der Waals surface area (Å²) in [7, 11) is -3.78. The van der Waals surface area contributed by atoms with Gasteiger partial charge in [0.2, 0.25) is 10.0 Å². The number of benzene rings is 1. The van der Waals surface area contributed by atoms with Gasteiger partial charge in [0.1, 0.15) is 0 Å². The molecule has 1 aromatic carbocycles. The molecule has 0 saturated carbocycles. The number of rotatable bonds is 5. The van der Waals surface area contributed by atoms with E-state index in [4.69, 9.17) is 0 Å². The Bertz CT molecular complexity index is 592. The summed E-state index contributed by atoms with van der Waals surface area (Å²) in [6, 6.07) is 3.53. The zero-order valence-corrected chi connectivity index (χ0v) is 13.6. The van der Waals surface area contributed by atoms with E-state index in [0.29, 0.717) is 6.54 Å². The summed E-state index contributed by atoms with van der Waals surface area (Å²) in [6.45, 7) is 2.78. The van der Waals surface area contributed by atoms with Crippen LogP contribution in [0.15, 0.2) is 29.2 Å². The molecule has 0 aromatic heterocycles. The van der Waals surface area contributed by atoms with Crippen LogP contribution in [0.5, 0.6) is 0 Å². The lowest BCUT2D eigenvalue weighted by atomic mass is 10.2. The van der Waals surface area contributed by atoms with Gasteiger partial charge in [-0.25, -0.2) is 13.1 Å². The molecule has 0 amide bonds. The van der Waals surface area contributed by atoms with E-state index in [2.05, 4.69) is 9.62 Å². The fourth-order valence-electron chi connectivity index (χ4n) is 2.60. The Balaban J connectivity index is 1.90. The molecule has 1 fully saturated rings. The molecular weight excluding hydrogens is 329 g/mol. The average molecular weight is 350 g/mol. The maximum Gasteiger partial charge on any atom is 0.416 e. The average Bonchev–Trinajstić information content (AvgIpc) is 2.75. The molecular formula is C15H21F3N2O2S. The highest BCUT2D eigenvalue weighted by molar-refractivity contribution is 7.89. The van der Waals surface area contributed by atoms with Crippen molar-refractivity contribution in [1.82, 2.24) is 9.62 Å². The number of nitrogens with one attached hydrogen (secondary N) is 1. The SMILES string of the molecule is O=S(=O)(NCCN1CCCCCC1)c1ccc(C(F)(F)F)cc1. The van der Waals surface area contributed by atoms with Crippen molar-refractivity contribution in [3.63, 3.8) is 0 Å². The lowest BCUT2D eigenvalue weighted by Gasteiger charge is -2.19. The number of nitrogens with zero attached hydrogens (tertiary/aromatic N) is 1. The van der Waals surface area contributed by atoms with Crippen molar-refractivity contribution < 1.29 is 21.6 Å². The lowest BCUT2D eigenvalue weighted by Crippen LogP contribution is -2.35. The van der Waals surface area contributed by atoms with E-state index in [0.717, 1.165) is 50.2 Å². The smallest absolute Gasteiger partial charge is 0.302 e. The maximum absolute atomic E-state index is 12.5. The van der Waals surface area contributed by atoms with Gasteiger partial charge in [-0.1, -0.05) is 12.8 Å². The molecule has 4 nitrogen and oxygen atoms in total.